The Labute approximate surface area is 259 Å². The summed E-state index contributed by atoms with van der Waals surface area (Å²) in [5, 5.41) is 31.0. The van der Waals surface area contributed by atoms with E-state index in [2.05, 4.69) is 20.8 Å². The molecule has 7 fully saturated rings. The molecular weight excluding hydrogens is 548 g/mol. The molecule has 246 valence electrons. The molecule has 5 saturated carbocycles. The van der Waals surface area contributed by atoms with Crippen molar-refractivity contribution in [2.24, 2.45) is 45.3 Å². The molecule has 2 heterocycles. The normalized spacial score (nSPS) is 52.5. The molecule has 0 radical (unpaired) electrons. The number of esters is 1. The van der Waals surface area contributed by atoms with Crippen molar-refractivity contribution in [3.63, 3.8) is 0 Å². The number of ether oxygens (including phenoxy) is 4. The number of rotatable bonds is 5. The topological polar surface area (TPSA) is 115 Å². The zero-order valence-corrected chi connectivity index (χ0v) is 27.2. The van der Waals surface area contributed by atoms with Crippen molar-refractivity contribution in [3.05, 3.63) is 0 Å². The van der Waals surface area contributed by atoms with E-state index in [9.17, 15) is 20.1 Å². The first kappa shape index (κ1) is 30.9. The molecule has 0 aromatic heterocycles. The minimum Gasteiger partial charge on any atom is -0.457 e. The SMILES string of the molecule is CC(=O)O[C@@H](C1CCC2C(CC3C4CCC5C(C)(C)[C@@H](OC6C[C@@H](O)C(O)CO6)CC[C@@]56C[C@@]46CC[C@]23C)O1)C(C)(C)O.[HH]. The van der Waals surface area contributed by atoms with Crippen LogP contribution in [0.2, 0.25) is 0 Å². The average molecular weight is 607 g/mol. The second kappa shape index (κ2) is 10.1. The average Bonchev–Trinajstić information content (AvgIpc) is 3.50. The zero-order valence-electron chi connectivity index (χ0n) is 27.2. The number of hydrogen-bond donors (Lipinski definition) is 3. The Morgan fingerprint density at radius 2 is 1.67 bits per heavy atom. The van der Waals surface area contributed by atoms with Crippen molar-refractivity contribution >= 4 is 5.97 Å². The van der Waals surface area contributed by atoms with Crippen molar-refractivity contribution in [2.45, 2.75) is 161 Å². The second-order valence-electron chi connectivity index (χ2n) is 17.3. The highest BCUT2D eigenvalue weighted by Crippen LogP contribution is 2.87. The number of aliphatic hydroxyl groups is 3. The van der Waals surface area contributed by atoms with Gasteiger partial charge in [-0.3, -0.25) is 4.79 Å². The van der Waals surface area contributed by atoms with E-state index in [0.29, 0.717) is 35.0 Å². The number of carbonyl (C=O) groups is 1. The molecule has 43 heavy (non-hydrogen) atoms. The van der Waals surface area contributed by atoms with Gasteiger partial charge >= 0.3 is 5.97 Å². The molecule has 2 aliphatic heterocycles. The maximum atomic E-state index is 11.9. The molecule has 14 atom stereocenters. The van der Waals surface area contributed by atoms with Crippen LogP contribution in [0.3, 0.4) is 0 Å². The molecule has 8 nitrogen and oxygen atoms in total. The molecule has 8 heteroatoms. The third-order valence-corrected chi connectivity index (χ3v) is 14.5. The maximum absolute atomic E-state index is 11.9. The molecule has 0 amide bonds. The fourth-order valence-electron chi connectivity index (χ4n) is 12.6. The smallest absolute Gasteiger partial charge is 0.303 e. The summed E-state index contributed by atoms with van der Waals surface area (Å²) < 4.78 is 24.8. The highest BCUT2D eigenvalue weighted by molar-refractivity contribution is 5.66. The minimum absolute atomic E-state index is 0. The predicted molar refractivity (Wildman–Crippen MR) is 161 cm³/mol. The molecule has 5 aliphatic carbocycles. The van der Waals surface area contributed by atoms with Crippen LogP contribution < -0.4 is 0 Å². The lowest BCUT2D eigenvalue weighted by Gasteiger charge is -2.60. The van der Waals surface area contributed by atoms with Crippen LogP contribution in [0.25, 0.3) is 0 Å². The monoisotopic (exact) mass is 606 g/mol. The van der Waals surface area contributed by atoms with Crippen LogP contribution in [0.15, 0.2) is 0 Å². The molecule has 3 N–H and O–H groups in total. The molecule has 7 aliphatic rings. The van der Waals surface area contributed by atoms with E-state index in [1.54, 1.807) is 13.8 Å². The van der Waals surface area contributed by atoms with Gasteiger partial charge in [-0.2, -0.15) is 0 Å². The van der Waals surface area contributed by atoms with Crippen LogP contribution >= 0.6 is 0 Å². The highest BCUT2D eigenvalue weighted by atomic mass is 16.7. The van der Waals surface area contributed by atoms with Gasteiger partial charge in [0.15, 0.2) is 12.4 Å². The lowest BCUT2D eigenvalue weighted by Crippen LogP contribution is -2.56. The first-order chi connectivity index (χ1) is 20.1. The lowest BCUT2D eigenvalue weighted by atomic mass is 9.46. The third-order valence-electron chi connectivity index (χ3n) is 14.5. The van der Waals surface area contributed by atoms with Crippen molar-refractivity contribution < 1.29 is 40.5 Å². The Morgan fingerprint density at radius 1 is 0.930 bits per heavy atom. The van der Waals surface area contributed by atoms with Crippen LogP contribution in [-0.2, 0) is 23.7 Å². The Balaban J connectivity index is 0.00000343. The van der Waals surface area contributed by atoms with Gasteiger partial charge in [0.1, 0.15) is 6.10 Å². The van der Waals surface area contributed by atoms with Crippen LogP contribution in [0.4, 0.5) is 0 Å². The van der Waals surface area contributed by atoms with Gasteiger partial charge in [-0.1, -0.05) is 20.8 Å². The Kier molecular flexibility index (Phi) is 7.26. The molecule has 2 saturated heterocycles. The van der Waals surface area contributed by atoms with Gasteiger partial charge in [0.05, 0.1) is 36.6 Å². The quantitative estimate of drug-likeness (QED) is 0.296. The van der Waals surface area contributed by atoms with Gasteiger partial charge in [-0.25, -0.2) is 0 Å². The maximum Gasteiger partial charge on any atom is 0.303 e. The lowest BCUT2D eigenvalue weighted by molar-refractivity contribution is -0.264. The minimum atomic E-state index is -1.15. The number of carbonyl (C=O) groups excluding carboxylic acids is 1. The predicted octanol–water partition coefficient (Wildman–Crippen LogP) is 4.99. The van der Waals surface area contributed by atoms with Crippen molar-refractivity contribution in [2.75, 3.05) is 6.61 Å². The Morgan fingerprint density at radius 3 is 2.37 bits per heavy atom. The fraction of sp³-hybridized carbons (Fsp3) is 0.971. The first-order valence-electron chi connectivity index (χ1n) is 17.3. The van der Waals surface area contributed by atoms with E-state index in [0.717, 1.165) is 31.6 Å². The van der Waals surface area contributed by atoms with Crippen LogP contribution in [0, 0.1) is 45.3 Å². The van der Waals surface area contributed by atoms with Gasteiger partial charge in [-0.15, -0.1) is 0 Å². The van der Waals surface area contributed by atoms with Gasteiger partial charge in [-0.05, 0) is 123 Å². The molecule has 2 spiro atoms. The van der Waals surface area contributed by atoms with E-state index in [1.165, 1.54) is 45.4 Å². The van der Waals surface area contributed by atoms with Crippen molar-refractivity contribution in [3.8, 4) is 0 Å². The van der Waals surface area contributed by atoms with Gasteiger partial charge in [0.2, 0.25) is 0 Å². The summed E-state index contributed by atoms with van der Waals surface area (Å²) in [6.45, 7) is 12.4. The molecule has 8 unspecified atom stereocenters. The molecular formula is C35H58O8. The van der Waals surface area contributed by atoms with E-state index >= 15 is 0 Å². The Hall–Kier alpha value is -0.770. The van der Waals surface area contributed by atoms with Crippen LogP contribution in [0.1, 0.15) is 114 Å². The summed E-state index contributed by atoms with van der Waals surface area (Å²) in [5.74, 6) is 2.18. The van der Waals surface area contributed by atoms with Crippen LogP contribution in [0.5, 0.6) is 0 Å². The van der Waals surface area contributed by atoms with E-state index in [-0.39, 0.29) is 43.1 Å². The summed E-state index contributed by atoms with van der Waals surface area (Å²) >= 11 is 0. The summed E-state index contributed by atoms with van der Waals surface area (Å²) in [5.41, 5.74) is 0.00131. The largest absolute Gasteiger partial charge is 0.457 e. The molecule has 0 aromatic carbocycles. The first-order valence-corrected chi connectivity index (χ1v) is 17.3. The summed E-state index contributed by atoms with van der Waals surface area (Å²) in [4.78, 5) is 11.9. The van der Waals surface area contributed by atoms with E-state index in [1.807, 2.05) is 0 Å². The molecule has 0 bridgehead atoms. The van der Waals surface area contributed by atoms with Crippen LogP contribution in [-0.4, -0.2) is 76.4 Å². The van der Waals surface area contributed by atoms with Crippen molar-refractivity contribution in [1.29, 1.82) is 0 Å². The fourth-order valence-corrected chi connectivity index (χ4v) is 12.6. The summed E-state index contributed by atoms with van der Waals surface area (Å²) in [6, 6.07) is 0. The second-order valence-corrected chi connectivity index (χ2v) is 17.3. The number of aliphatic hydroxyl groups excluding tert-OH is 2. The summed E-state index contributed by atoms with van der Waals surface area (Å²) in [7, 11) is 0. The Bertz CT molecular complexity index is 1110. The number of hydrogen-bond acceptors (Lipinski definition) is 8. The highest BCUT2D eigenvalue weighted by Gasteiger charge is 2.80. The van der Waals surface area contributed by atoms with E-state index < -0.39 is 30.2 Å². The summed E-state index contributed by atoms with van der Waals surface area (Å²) in [6.07, 6.45) is 9.32. The van der Waals surface area contributed by atoms with Gasteiger partial charge < -0.3 is 34.3 Å². The zero-order chi connectivity index (χ0) is 30.7. The molecule has 7 rings (SSSR count). The third kappa shape index (κ3) is 4.54. The van der Waals surface area contributed by atoms with E-state index in [4.69, 9.17) is 18.9 Å². The number of fused-ring (bicyclic) bond motifs is 4. The van der Waals surface area contributed by atoms with Gasteiger partial charge in [0.25, 0.3) is 0 Å². The molecule has 0 aromatic rings. The van der Waals surface area contributed by atoms with Crippen molar-refractivity contribution in [1.82, 2.24) is 0 Å². The standard InChI is InChI=1S/C35H56O8.H2/c1-19(36)41-30(32(4,5)39)25-9-7-21-26(42-25)15-22-20-8-10-27-31(2,3)28(43-29-16-23(37)24(38)17-40-29)11-12-35(27)18-34(20,35)14-13-33(21,22)6;/h20-30,37-39H,7-18H2,1-6H3;1H/t20?,21?,22?,23-,24?,25?,26?,27?,28+,29?,30+,33-,34+,35-;/m1./s1. The van der Waals surface area contributed by atoms with Gasteiger partial charge in [0, 0.05) is 14.8 Å².